The minimum Gasteiger partial charge on any atom is -1.00 e. The van der Waals surface area contributed by atoms with Gasteiger partial charge in [0.1, 0.15) is 119 Å². The molecular formula is C48H44Br4Cl4F12N8. The van der Waals surface area contributed by atoms with Gasteiger partial charge in [0, 0.05) is 27.7 Å². The summed E-state index contributed by atoms with van der Waals surface area (Å²) < 4.78 is 165. The molecule has 0 N–H and O–H groups in total. The lowest BCUT2D eigenvalue weighted by Crippen LogP contribution is -3.00. The number of aryl methyl sites for hydroxylation is 4. The lowest BCUT2D eigenvalue weighted by atomic mass is 10.3. The van der Waals surface area contributed by atoms with E-state index >= 15 is 0 Å². The molecule has 8 nitrogen and oxygen atoms in total. The fraction of sp³-hybridized carbons (Fsp3) is 0.250. The third kappa shape index (κ3) is 16.1. The van der Waals surface area contributed by atoms with Gasteiger partial charge >= 0.3 is 47.3 Å². The first-order valence-corrected chi connectivity index (χ1v) is 22.4. The molecule has 0 amide bonds. The molecule has 0 saturated carbocycles. The molecule has 0 unspecified atom stereocenters. The number of imidazole rings is 4. The lowest BCUT2D eigenvalue weighted by Gasteiger charge is -2.05. The minimum absolute atomic E-state index is 0. The molecule has 8 heterocycles. The maximum atomic E-state index is 12.7. The Labute approximate surface area is 490 Å². The van der Waals surface area contributed by atoms with Gasteiger partial charge in [0.2, 0.25) is 0 Å². The Hall–Kier alpha value is -4.04. The zero-order valence-electron chi connectivity index (χ0n) is 40.0. The topological polar surface area (TPSA) is 36.1 Å². The van der Waals surface area contributed by atoms with Gasteiger partial charge in [-0.2, -0.15) is 52.7 Å². The average molecular weight is 1420 g/mol. The Bertz CT molecular complexity index is 2920. The summed E-state index contributed by atoms with van der Waals surface area (Å²) in [4.78, 5) is 0. The summed E-state index contributed by atoms with van der Waals surface area (Å²) in [5.74, 6) is 0. The van der Waals surface area contributed by atoms with Crippen LogP contribution in [0.5, 0.6) is 0 Å². The molecule has 76 heavy (non-hydrogen) atoms. The van der Waals surface area contributed by atoms with E-state index in [9.17, 15) is 52.7 Å². The van der Waals surface area contributed by atoms with Crippen LogP contribution in [0.25, 0.3) is 22.6 Å². The van der Waals surface area contributed by atoms with Crippen molar-refractivity contribution in [2.24, 2.45) is 0 Å². The molecule has 0 bridgehead atoms. The van der Waals surface area contributed by atoms with Gasteiger partial charge < -0.3 is 67.9 Å². The second kappa shape index (κ2) is 27.7. The van der Waals surface area contributed by atoms with Gasteiger partial charge in [-0.15, -0.1) is 0 Å². The van der Waals surface area contributed by atoms with Gasteiger partial charge in [-0.1, -0.05) is 97.0 Å². The maximum Gasteiger partial charge on any atom is 0.419 e. The van der Waals surface area contributed by atoms with Crippen LogP contribution in [0.3, 0.4) is 0 Å². The molecule has 0 aromatic carbocycles. The summed E-state index contributed by atoms with van der Waals surface area (Å²) in [5.41, 5.74) is 2.33. The van der Waals surface area contributed by atoms with Gasteiger partial charge in [-0.3, -0.25) is 0 Å². The number of halogens is 20. The minimum atomic E-state index is -4.40. The van der Waals surface area contributed by atoms with Crippen molar-refractivity contribution in [1.82, 2.24) is 18.3 Å². The number of hydrogen-bond donors (Lipinski definition) is 0. The number of alkyl halides is 12. The van der Waals surface area contributed by atoms with Gasteiger partial charge in [-0.25, -0.2) is 35.9 Å². The maximum absolute atomic E-state index is 12.7. The monoisotopic (exact) mass is 1420 g/mol. The highest BCUT2D eigenvalue weighted by Crippen LogP contribution is 2.35. The number of fused-ring (bicyclic) bond motifs is 4. The Morgan fingerprint density at radius 1 is 0.355 bits per heavy atom. The molecule has 8 rings (SSSR count). The van der Waals surface area contributed by atoms with Crippen LogP contribution in [0.1, 0.15) is 45.0 Å². The summed E-state index contributed by atoms with van der Waals surface area (Å²) in [6, 6.07) is 3.76. The Morgan fingerprint density at radius 3 is 0.645 bits per heavy atom. The molecule has 28 heteroatoms. The molecule has 0 saturated heterocycles. The summed E-state index contributed by atoms with van der Waals surface area (Å²) in [7, 11) is 0. The zero-order valence-corrected chi connectivity index (χ0v) is 49.4. The van der Waals surface area contributed by atoms with E-state index in [4.69, 9.17) is 46.4 Å². The SMILES string of the molecule is C=CCn1c(C)c[n+]2cc(C(F)(F)F)cc(Cl)c12.C=CCn1c(C)c[n+]2cc(C(F)(F)F)cc(Cl)c12.C=CCn1c(C)c[n+]2cc(C(F)(F)F)cc(Cl)c12.C=CCn1c(C)c[n+]2cc(C(F)(F)F)cc(Cl)c12.[Br-].[Br-].[Br-].[Br-]. The second-order valence-corrected chi connectivity index (χ2v) is 17.5. The van der Waals surface area contributed by atoms with Gasteiger partial charge in [0.05, 0.1) is 22.3 Å². The number of rotatable bonds is 8. The summed E-state index contributed by atoms with van der Waals surface area (Å²) in [6.07, 6.45) is -0.357. The van der Waals surface area contributed by atoms with Crippen LogP contribution >= 0.6 is 46.4 Å². The van der Waals surface area contributed by atoms with E-state index in [-0.39, 0.29) is 88.0 Å². The molecule has 416 valence electrons. The number of aromatic nitrogens is 8. The summed E-state index contributed by atoms with van der Waals surface area (Å²) in [6.45, 7) is 23.7. The van der Waals surface area contributed by atoms with Crippen LogP contribution in [0, 0.1) is 27.7 Å². The molecule has 0 fully saturated rings. The highest BCUT2D eigenvalue weighted by Gasteiger charge is 2.37. The molecular weight excluding hydrogens is 1380 g/mol. The average Bonchev–Trinajstić information content (AvgIpc) is 3.97. The Balaban J connectivity index is 0.000000498. The molecule has 0 aliphatic carbocycles. The predicted molar refractivity (Wildman–Crippen MR) is 250 cm³/mol. The van der Waals surface area contributed by atoms with Gasteiger partial charge in [-0.05, 0) is 24.3 Å². The van der Waals surface area contributed by atoms with Crippen molar-refractivity contribution in [2.45, 2.75) is 78.6 Å². The molecule has 8 aromatic rings. The molecule has 0 aliphatic rings. The van der Waals surface area contributed by atoms with Crippen LogP contribution in [0.2, 0.25) is 20.1 Å². The normalized spacial score (nSPS) is 11.4. The van der Waals surface area contributed by atoms with E-state index in [2.05, 4.69) is 26.3 Å². The van der Waals surface area contributed by atoms with E-state index in [1.807, 2.05) is 0 Å². The van der Waals surface area contributed by atoms with Crippen LogP contribution in [0.4, 0.5) is 52.7 Å². The Morgan fingerprint density at radius 2 is 0.513 bits per heavy atom. The highest BCUT2D eigenvalue weighted by molar-refractivity contribution is 6.34. The van der Waals surface area contributed by atoms with E-state index in [0.717, 1.165) is 71.8 Å². The fourth-order valence-electron chi connectivity index (χ4n) is 7.57. The summed E-state index contributed by atoms with van der Waals surface area (Å²) in [5, 5.41) is 0.277. The molecule has 8 aromatic heterocycles. The van der Waals surface area contributed by atoms with Crippen molar-refractivity contribution in [3.8, 4) is 0 Å². The number of pyridine rings is 4. The molecule has 0 radical (unpaired) electrons. The third-order valence-corrected chi connectivity index (χ3v) is 11.8. The van der Waals surface area contributed by atoms with Crippen molar-refractivity contribution in [3.05, 3.63) is 190 Å². The van der Waals surface area contributed by atoms with E-state index < -0.39 is 47.0 Å². The Kier molecular flexibility index (Phi) is 25.5. The van der Waals surface area contributed by atoms with Crippen molar-refractivity contribution in [3.63, 3.8) is 0 Å². The third-order valence-electron chi connectivity index (χ3n) is 10.7. The molecule has 0 atom stereocenters. The van der Waals surface area contributed by atoms with Crippen molar-refractivity contribution < 1.29 is 138 Å². The van der Waals surface area contributed by atoms with Crippen LogP contribution in [-0.4, -0.2) is 18.3 Å². The van der Waals surface area contributed by atoms with Gasteiger partial charge in [0.15, 0.2) is 0 Å². The smallest absolute Gasteiger partial charge is 0.419 e. The van der Waals surface area contributed by atoms with Crippen LogP contribution in [-0.2, 0) is 50.9 Å². The largest absolute Gasteiger partial charge is 1.00 e. The number of hydrogen-bond acceptors (Lipinski definition) is 0. The first kappa shape index (κ1) is 70.0. The summed E-state index contributed by atoms with van der Waals surface area (Å²) >= 11 is 23.8. The standard InChI is InChI=1S/4C12H11ClF3N2.4BrH/c4*1-3-4-18-8(2)6-17-7-9(12(14,15)16)5-10(13)11(17)18;;;;/h4*3,5-7H,1,4H2,2H3;4*1H/q4*+1;;;;/p-4. The van der Waals surface area contributed by atoms with E-state index in [1.165, 1.54) is 17.6 Å². The number of allylic oxidation sites excluding steroid dienone is 4. The van der Waals surface area contributed by atoms with Crippen molar-refractivity contribution >= 4 is 69.0 Å². The van der Waals surface area contributed by atoms with Gasteiger partial charge in [0.25, 0.3) is 0 Å². The fourth-order valence-corrected chi connectivity index (χ4v) is 8.84. The first-order valence-electron chi connectivity index (χ1n) is 20.9. The lowest BCUT2D eigenvalue weighted by molar-refractivity contribution is -0.512. The zero-order chi connectivity index (χ0) is 54.0. The quantitative estimate of drug-likeness (QED) is 0.126. The number of nitrogens with zero attached hydrogens (tertiary/aromatic N) is 8. The van der Waals surface area contributed by atoms with E-state index in [0.29, 0.717) is 48.8 Å². The van der Waals surface area contributed by atoms with E-state index in [1.54, 1.807) is 95.1 Å². The van der Waals surface area contributed by atoms with Crippen LogP contribution in [0.15, 0.2) is 124 Å². The van der Waals surface area contributed by atoms with Crippen molar-refractivity contribution in [1.29, 1.82) is 0 Å². The predicted octanol–water partition coefficient (Wildman–Crippen LogP) is 1.59. The second-order valence-electron chi connectivity index (χ2n) is 15.9. The van der Waals surface area contributed by atoms with Crippen molar-refractivity contribution in [2.75, 3.05) is 0 Å². The highest BCUT2D eigenvalue weighted by atomic mass is 79.9. The van der Waals surface area contributed by atoms with Crippen LogP contribution < -0.4 is 85.5 Å². The molecule has 0 spiro atoms. The first-order chi connectivity index (χ1) is 33.4. The molecule has 0 aliphatic heterocycles.